The number of rotatable bonds is 6. The van der Waals surface area contributed by atoms with Crippen LogP contribution in [0.4, 0.5) is 0 Å². The Morgan fingerprint density at radius 2 is 1.57 bits per heavy atom. The summed E-state index contributed by atoms with van der Waals surface area (Å²) in [7, 11) is -2.28. The summed E-state index contributed by atoms with van der Waals surface area (Å²) in [5, 5.41) is 12.0. The molecule has 0 spiro atoms. The zero-order valence-corrected chi connectivity index (χ0v) is 14.9. The third-order valence-electron chi connectivity index (χ3n) is 4.29. The zero-order valence-electron chi connectivity index (χ0n) is 13.9. The molecule has 0 aromatic heterocycles. The summed E-state index contributed by atoms with van der Waals surface area (Å²) in [6.07, 6.45) is -0.864. The molecule has 4 heteroatoms. The molecule has 0 saturated carbocycles. The second-order valence-corrected chi connectivity index (χ2v) is 10.8. The standard InChI is InChI=1S/C19H24O3Si/c1-4-22-19(21)18(17(20)15-11-7-5-8-12-15)23(2,3)16-13-9-6-10-14-16/h5-14,17-18,20H,4H2,1-3H3/t17-,18-/m1/s1. The van der Waals surface area contributed by atoms with Crippen LogP contribution in [0.2, 0.25) is 18.6 Å². The quantitative estimate of drug-likeness (QED) is 0.654. The van der Waals surface area contributed by atoms with Crippen LogP contribution in [0.5, 0.6) is 0 Å². The first-order valence-corrected chi connectivity index (χ1v) is 11.0. The van der Waals surface area contributed by atoms with Crippen LogP contribution in [0.25, 0.3) is 0 Å². The van der Waals surface area contributed by atoms with Crippen LogP contribution in [0.1, 0.15) is 18.6 Å². The number of aliphatic hydroxyl groups is 1. The van der Waals surface area contributed by atoms with E-state index in [1.54, 1.807) is 6.92 Å². The van der Waals surface area contributed by atoms with Crippen molar-refractivity contribution in [3.8, 4) is 0 Å². The molecule has 0 saturated heterocycles. The van der Waals surface area contributed by atoms with Crippen LogP contribution < -0.4 is 5.19 Å². The fraction of sp³-hybridized carbons (Fsp3) is 0.316. The lowest BCUT2D eigenvalue weighted by Crippen LogP contribution is -2.51. The number of carbonyl (C=O) groups is 1. The van der Waals surface area contributed by atoms with Crippen molar-refractivity contribution in [2.24, 2.45) is 0 Å². The summed E-state index contributed by atoms with van der Waals surface area (Å²) < 4.78 is 5.29. The number of carbonyl (C=O) groups excluding carboxylic acids is 1. The fourth-order valence-electron chi connectivity index (χ4n) is 2.94. The minimum Gasteiger partial charge on any atom is -0.466 e. The highest BCUT2D eigenvalue weighted by atomic mass is 28.3. The molecule has 0 amide bonds. The van der Waals surface area contributed by atoms with E-state index in [1.807, 2.05) is 60.7 Å². The lowest BCUT2D eigenvalue weighted by atomic mass is 10.1. The van der Waals surface area contributed by atoms with E-state index in [0.29, 0.717) is 6.61 Å². The molecule has 0 aliphatic rings. The number of benzene rings is 2. The maximum absolute atomic E-state index is 12.6. The van der Waals surface area contributed by atoms with Crippen molar-refractivity contribution in [2.75, 3.05) is 6.61 Å². The van der Waals surface area contributed by atoms with Gasteiger partial charge in [-0.3, -0.25) is 4.79 Å². The molecule has 0 radical (unpaired) electrons. The number of ether oxygens (including phenoxy) is 1. The van der Waals surface area contributed by atoms with Gasteiger partial charge in [0.25, 0.3) is 0 Å². The van der Waals surface area contributed by atoms with Gasteiger partial charge in [0.2, 0.25) is 0 Å². The molecule has 3 nitrogen and oxygen atoms in total. The maximum atomic E-state index is 12.6. The maximum Gasteiger partial charge on any atom is 0.309 e. The first-order valence-electron chi connectivity index (χ1n) is 7.93. The summed E-state index contributed by atoms with van der Waals surface area (Å²) in [6, 6.07) is 19.3. The monoisotopic (exact) mass is 328 g/mol. The number of aliphatic hydroxyl groups excluding tert-OH is 1. The van der Waals surface area contributed by atoms with Crippen LogP contribution in [0.15, 0.2) is 60.7 Å². The van der Waals surface area contributed by atoms with Gasteiger partial charge >= 0.3 is 5.97 Å². The van der Waals surface area contributed by atoms with Crippen molar-refractivity contribution in [3.63, 3.8) is 0 Å². The van der Waals surface area contributed by atoms with Crippen molar-refractivity contribution in [2.45, 2.75) is 31.7 Å². The first-order chi connectivity index (χ1) is 11.0. The molecule has 0 bridgehead atoms. The van der Waals surface area contributed by atoms with Crippen molar-refractivity contribution >= 4 is 19.2 Å². The molecule has 23 heavy (non-hydrogen) atoms. The predicted molar refractivity (Wildman–Crippen MR) is 95.3 cm³/mol. The Kier molecular flexibility index (Phi) is 5.74. The highest BCUT2D eigenvalue weighted by molar-refractivity contribution is 6.93. The Bertz CT molecular complexity index is 626. The van der Waals surface area contributed by atoms with Crippen molar-refractivity contribution < 1.29 is 14.6 Å². The molecule has 1 N–H and O–H groups in total. The third kappa shape index (κ3) is 3.89. The number of esters is 1. The summed E-state index contributed by atoms with van der Waals surface area (Å²) in [5.41, 5.74) is 0.203. The SMILES string of the molecule is CCOC(=O)[C@@H]([C@H](O)c1ccccc1)[Si](C)(C)c1ccccc1. The van der Waals surface area contributed by atoms with E-state index in [0.717, 1.165) is 10.8 Å². The van der Waals surface area contributed by atoms with E-state index in [1.165, 1.54) is 0 Å². The first kappa shape index (κ1) is 17.4. The van der Waals surface area contributed by atoms with Gasteiger partial charge in [0, 0.05) is 0 Å². The molecule has 0 unspecified atom stereocenters. The van der Waals surface area contributed by atoms with Gasteiger partial charge in [-0.05, 0) is 12.5 Å². The molecule has 0 fully saturated rings. The van der Waals surface area contributed by atoms with Crippen LogP contribution >= 0.6 is 0 Å². The highest BCUT2D eigenvalue weighted by Crippen LogP contribution is 2.36. The molecule has 2 rings (SSSR count). The minimum atomic E-state index is -2.28. The lowest BCUT2D eigenvalue weighted by molar-refractivity contribution is -0.145. The third-order valence-corrected chi connectivity index (χ3v) is 8.22. The number of hydrogen-bond donors (Lipinski definition) is 1. The number of hydrogen-bond acceptors (Lipinski definition) is 3. The van der Waals surface area contributed by atoms with Crippen molar-refractivity contribution in [1.29, 1.82) is 0 Å². The lowest BCUT2D eigenvalue weighted by Gasteiger charge is -2.34. The van der Waals surface area contributed by atoms with E-state index in [9.17, 15) is 9.90 Å². The largest absolute Gasteiger partial charge is 0.466 e. The predicted octanol–water partition coefficient (Wildman–Crippen LogP) is 3.27. The van der Waals surface area contributed by atoms with Crippen LogP contribution in [0.3, 0.4) is 0 Å². The minimum absolute atomic E-state index is 0.315. The molecule has 0 aliphatic heterocycles. The molecular weight excluding hydrogens is 304 g/mol. The Morgan fingerprint density at radius 1 is 1.04 bits per heavy atom. The summed E-state index contributed by atoms with van der Waals surface area (Å²) in [6.45, 7) is 6.32. The van der Waals surface area contributed by atoms with Crippen LogP contribution in [-0.2, 0) is 9.53 Å². The molecule has 0 aliphatic carbocycles. The van der Waals surface area contributed by atoms with E-state index in [4.69, 9.17) is 4.74 Å². The summed E-state index contributed by atoms with van der Waals surface area (Å²) >= 11 is 0. The van der Waals surface area contributed by atoms with E-state index >= 15 is 0 Å². The van der Waals surface area contributed by atoms with Crippen molar-refractivity contribution in [3.05, 3.63) is 66.2 Å². The highest BCUT2D eigenvalue weighted by Gasteiger charge is 2.44. The molecule has 122 valence electrons. The summed E-state index contributed by atoms with van der Waals surface area (Å²) in [4.78, 5) is 12.6. The van der Waals surface area contributed by atoms with Gasteiger partial charge in [-0.15, -0.1) is 0 Å². The second-order valence-electron chi connectivity index (χ2n) is 6.17. The van der Waals surface area contributed by atoms with Gasteiger partial charge in [0.1, 0.15) is 0 Å². The van der Waals surface area contributed by atoms with Gasteiger partial charge in [-0.25, -0.2) is 0 Å². The summed E-state index contributed by atoms with van der Waals surface area (Å²) in [5.74, 6) is -0.315. The Hall–Kier alpha value is -1.91. The van der Waals surface area contributed by atoms with Crippen LogP contribution in [0, 0.1) is 0 Å². The average Bonchev–Trinajstić information content (AvgIpc) is 2.56. The van der Waals surface area contributed by atoms with Gasteiger partial charge in [-0.2, -0.15) is 0 Å². The van der Waals surface area contributed by atoms with Gasteiger partial charge in [0.15, 0.2) is 0 Å². The fourth-order valence-corrected chi connectivity index (χ4v) is 6.01. The average molecular weight is 328 g/mol. The normalized spacial score (nSPS) is 14.1. The molecule has 2 atom stereocenters. The van der Waals surface area contributed by atoms with Gasteiger partial charge in [-0.1, -0.05) is 78.9 Å². The molecule has 0 heterocycles. The Balaban J connectivity index is 2.44. The van der Waals surface area contributed by atoms with E-state index < -0.39 is 19.7 Å². The van der Waals surface area contributed by atoms with Crippen molar-refractivity contribution in [1.82, 2.24) is 0 Å². The molecular formula is C19H24O3Si. The van der Waals surface area contributed by atoms with Gasteiger partial charge in [0.05, 0.1) is 26.3 Å². The Morgan fingerprint density at radius 3 is 2.09 bits per heavy atom. The second kappa shape index (κ2) is 7.57. The molecule has 2 aromatic rings. The molecule has 2 aromatic carbocycles. The topological polar surface area (TPSA) is 46.5 Å². The zero-order chi connectivity index (χ0) is 16.9. The van der Waals surface area contributed by atoms with E-state index in [2.05, 4.69) is 13.1 Å². The van der Waals surface area contributed by atoms with Gasteiger partial charge < -0.3 is 9.84 Å². The van der Waals surface area contributed by atoms with Crippen LogP contribution in [-0.4, -0.2) is 25.8 Å². The Labute approximate surface area is 138 Å². The smallest absolute Gasteiger partial charge is 0.309 e. The van der Waals surface area contributed by atoms with E-state index in [-0.39, 0.29) is 5.97 Å².